The van der Waals surface area contributed by atoms with E-state index in [4.69, 9.17) is 0 Å². The number of carbonyl (C=O) groups is 1. The van der Waals surface area contributed by atoms with Crippen LogP contribution in [0.2, 0.25) is 0 Å². The lowest BCUT2D eigenvalue weighted by molar-refractivity contribution is -0.131. The van der Waals surface area contributed by atoms with Crippen LogP contribution < -0.4 is 0 Å². The summed E-state index contributed by atoms with van der Waals surface area (Å²) in [5, 5.41) is 4.24. The van der Waals surface area contributed by atoms with Gasteiger partial charge in [-0.2, -0.15) is 5.10 Å². The fraction of sp³-hybridized carbons (Fsp3) is 0.389. The molecule has 124 valence electrons. The lowest BCUT2D eigenvalue weighted by atomic mass is 10.1. The maximum absolute atomic E-state index is 12.8. The Hall–Kier alpha value is -2.63. The fourth-order valence-electron chi connectivity index (χ4n) is 3.57. The minimum absolute atomic E-state index is 0.141. The molecular weight excluding hydrogens is 302 g/mol. The first kappa shape index (κ1) is 14.9. The number of likely N-dealkylation sites (tertiary alicyclic amines) is 1. The van der Waals surface area contributed by atoms with E-state index in [1.807, 2.05) is 60.2 Å². The van der Waals surface area contributed by atoms with Crippen LogP contribution in [0.1, 0.15) is 35.7 Å². The largest absolute Gasteiger partial charge is 0.335 e. The van der Waals surface area contributed by atoms with Crippen LogP contribution >= 0.6 is 0 Å². The van der Waals surface area contributed by atoms with Gasteiger partial charge in [-0.05, 0) is 31.4 Å². The first-order valence-corrected chi connectivity index (χ1v) is 8.33. The number of pyridine rings is 1. The van der Waals surface area contributed by atoms with Gasteiger partial charge in [0.1, 0.15) is 5.65 Å². The third-order valence-corrected chi connectivity index (χ3v) is 4.74. The molecule has 0 saturated carbocycles. The van der Waals surface area contributed by atoms with Crippen LogP contribution in [0.25, 0.3) is 5.65 Å². The van der Waals surface area contributed by atoms with Gasteiger partial charge in [-0.15, -0.1) is 0 Å². The summed E-state index contributed by atoms with van der Waals surface area (Å²) in [5.74, 6) is 0.141. The maximum atomic E-state index is 12.8. The van der Waals surface area contributed by atoms with Crippen molar-refractivity contribution in [2.45, 2.75) is 32.2 Å². The van der Waals surface area contributed by atoms with Crippen molar-refractivity contribution in [1.82, 2.24) is 24.1 Å². The Kier molecular flexibility index (Phi) is 3.59. The van der Waals surface area contributed by atoms with E-state index in [1.165, 1.54) is 0 Å². The highest BCUT2D eigenvalue weighted by Crippen LogP contribution is 2.32. The second kappa shape index (κ2) is 5.78. The Bertz CT molecular complexity index is 894. The number of hydrogen-bond acceptors (Lipinski definition) is 3. The molecule has 1 atom stereocenters. The molecule has 1 aliphatic rings. The minimum atomic E-state index is 0.141. The summed E-state index contributed by atoms with van der Waals surface area (Å²) in [6, 6.07) is 4.17. The Balaban J connectivity index is 1.55. The smallest absolute Gasteiger partial charge is 0.229 e. The Morgan fingerprint density at radius 1 is 1.38 bits per heavy atom. The highest BCUT2D eigenvalue weighted by Gasteiger charge is 2.30. The number of aryl methyl sites for hydroxylation is 2. The normalized spacial score (nSPS) is 17.8. The van der Waals surface area contributed by atoms with Gasteiger partial charge in [-0.3, -0.25) is 9.48 Å². The van der Waals surface area contributed by atoms with Crippen molar-refractivity contribution in [2.24, 2.45) is 7.05 Å². The number of imidazole rings is 1. The number of aromatic nitrogens is 4. The average Bonchev–Trinajstić information content (AvgIpc) is 3.25. The summed E-state index contributed by atoms with van der Waals surface area (Å²) < 4.78 is 3.78. The molecule has 0 spiro atoms. The van der Waals surface area contributed by atoms with Crippen molar-refractivity contribution >= 4 is 11.6 Å². The molecule has 1 fully saturated rings. The molecule has 0 radical (unpaired) electrons. The molecule has 6 nitrogen and oxygen atoms in total. The first-order chi connectivity index (χ1) is 11.6. The van der Waals surface area contributed by atoms with Gasteiger partial charge < -0.3 is 9.30 Å². The molecule has 4 heterocycles. The monoisotopic (exact) mass is 323 g/mol. The summed E-state index contributed by atoms with van der Waals surface area (Å²) in [4.78, 5) is 19.4. The van der Waals surface area contributed by atoms with E-state index in [9.17, 15) is 4.79 Å². The van der Waals surface area contributed by atoms with E-state index in [1.54, 1.807) is 4.68 Å². The van der Waals surface area contributed by atoms with Gasteiger partial charge in [0, 0.05) is 37.7 Å². The van der Waals surface area contributed by atoms with Crippen molar-refractivity contribution in [3.63, 3.8) is 0 Å². The predicted molar refractivity (Wildman–Crippen MR) is 90.5 cm³/mol. The maximum Gasteiger partial charge on any atom is 0.229 e. The van der Waals surface area contributed by atoms with Gasteiger partial charge in [0.05, 0.1) is 24.4 Å². The average molecular weight is 323 g/mol. The summed E-state index contributed by atoms with van der Waals surface area (Å²) >= 11 is 0. The molecule has 3 aromatic heterocycles. The van der Waals surface area contributed by atoms with Crippen LogP contribution in [0.15, 0.2) is 36.9 Å². The van der Waals surface area contributed by atoms with Gasteiger partial charge in [-0.25, -0.2) is 4.98 Å². The summed E-state index contributed by atoms with van der Waals surface area (Å²) in [7, 11) is 1.91. The molecule has 24 heavy (non-hydrogen) atoms. The third kappa shape index (κ3) is 2.58. The van der Waals surface area contributed by atoms with Crippen LogP contribution in [0, 0.1) is 6.92 Å². The SMILES string of the molecule is Cc1cccn2cc(CC(=O)N3CCC[C@@H]3c3cnn(C)c3)nc12. The molecule has 4 rings (SSSR count). The van der Waals surface area contributed by atoms with Crippen molar-refractivity contribution in [2.75, 3.05) is 6.54 Å². The molecule has 1 amide bonds. The standard InChI is InChI=1S/C18H21N5O/c1-13-5-3-7-22-12-15(20-18(13)22)9-17(24)23-8-4-6-16(23)14-10-19-21(2)11-14/h3,5,7,10-12,16H,4,6,8-9H2,1-2H3/t16-/m1/s1. The van der Waals surface area contributed by atoms with Crippen LogP contribution in [0.3, 0.4) is 0 Å². The molecule has 1 aliphatic heterocycles. The fourth-order valence-corrected chi connectivity index (χ4v) is 3.57. The molecule has 1 saturated heterocycles. The molecule has 3 aromatic rings. The number of rotatable bonds is 3. The summed E-state index contributed by atoms with van der Waals surface area (Å²) in [6.45, 7) is 2.84. The van der Waals surface area contributed by atoms with E-state index in [0.717, 1.165) is 41.9 Å². The summed E-state index contributed by atoms with van der Waals surface area (Å²) in [6.07, 6.45) is 10.2. The van der Waals surface area contributed by atoms with Gasteiger partial charge >= 0.3 is 0 Å². The lowest BCUT2D eigenvalue weighted by Crippen LogP contribution is -2.31. The van der Waals surface area contributed by atoms with Crippen molar-refractivity contribution in [3.05, 3.63) is 53.7 Å². The number of carbonyl (C=O) groups excluding carboxylic acids is 1. The molecule has 0 aliphatic carbocycles. The Labute approximate surface area is 140 Å². The van der Waals surface area contributed by atoms with E-state index in [0.29, 0.717) is 6.42 Å². The van der Waals surface area contributed by atoms with Crippen molar-refractivity contribution in [1.29, 1.82) is 0 Å². The Morgan fingerprint density at radius 3 is 3.00 bits per heavy atom. The zero-order valence-corrected chi connectivity index (χ0v) is 14.0. The van der Waals surface area contributed by atoms with Crippen LogP contribution in [-0.4, -0.2) is 36.5 Å². The van der Waals surface area contributed by atoms with Crippen LogP contribution in [0.5, 0.6) is 0 Å². The molecule has 0 aromatic carbocycles. The molecule has 0 unspecified atom stereocenters. The van der Waals surface area contributed by atoms with E-state index in [2.05, 4.69) is 10.1 Å². The van der Waals surface area contributed by atoms with Crippen molar-refractivity contribution in [3.8, 4) is 0 Å². The zero-order chi connectivity index (χ0) is 16.7. The molecule has 6 heteroatoms. The second-order valence-electron chi connectivity index (χ2n) is 6.52. The van der Waals surface area contributed by atoms with Crippen LogP contribution in [0.4, 0.5) is 0 Å². The highest BCUT2D eigenvalue weighted by atomic mass is 16.2. The molecule has 0 bridgehead atoms. The van der Waals surface area contributed by atoms with Crippen LogP contribution in [-0.2, 0) is 18.3 Å². The Morgan fingerprint density at radius 2 is 2.25 bits per heavy atom. The predicted octanol–water partition coefficient (Wildman–Crippen LogP) is 2.28. The first-order valence-electron chi connectivity index (χ1n) is 8.33. The number of nitrogens with zero attached hydrogens (tertiary/aromatic N) is 5. The van der Waals surface area contributed by atoms with E-state index < -0.39 is 0 Å². The molecular formula is C18H21N5O. The second-order valence-corrected chi connectivity index (χ2v) is 6.52. The quantitative estimate of drug-likeness (QED) is 0.743. The van der Waals surface area contributed by atoms with Gasteiger partial charge in [-0.1, -0.05) is 6.07 Å². The minimum Gasteiger partial charge on any atom is -0.335 e. The number of fused-ring (bicyclic) bond motifs is 1. The van der Waals surface area contributed by atoms with Gasteiger partial charge in [0.25, 0.3) is 0 Å². The van der Waals surface area contributed by atoms with Crippen molar-refractivity contribution < 1.29 is 4.79 Å². The lowest BCUT2D eigenvalue weighted by Gasteiger charge is -2.23. The topological polar surface area (TPSA) is 55.4 Å². The number of hydrogen-bond donors (Lipinski definition) is 0. The number of amides is 1. The molecule has 0 N–H and O–H groups in total. The van der Waals surface area contributed by atoms with Gasteiger partial charge in [0.2, 0.25) is 5.91 Å². The summed E-state index contributed by atoms with van der Waals surface area (Å²) in [5.41, 5.74) is 3.98. The zero-order valence-electron chi connectivity index (χ0n) is 14.0. The van der Waals surface area contributed by atoms with E-state index in [-0.39, 0.29) is 11.9 Å². The van der Waals surface area contributed by atoms with Gasteiger partial charge in [0.15, 0.2) is 0 Å². The van der Waals surface area contributed by atoms with E-state index >= 15 is 0 Å². The highest BCUT2D eigenvalue weighted by molar-refractivity contribution is 5.79. The third-order valence-electron chi connectivity index (χ3n) is 4.74.